The summed E-state index contributed by atoms with van der Waals surface area (Å²) < 4.78 is 2.64. The lowest BCUT2D eigenvalue weighted by Crippen LogP contribution is -2.37. The van der Waals surface area contributed by atoms with E-state index < -0.39 is 0 Å². The Morgan fingerprint density at radius 1 is 1.18 bits per heavy atom. The number of rotatable bonds is 3. The van der Waals surface area contributed by atoms with Gasteiger partial charge in [0.15, 0.2) is 0 Å². The smallest absolute Gasteiger partial charge is 0.291 e. The highest BCUT2D eigenvalue weighted by Crippen LogP contribution is 2.24. The van der Waals surface area contributed by atoms with E-state index in [0.29, 0.717) is 0 Å². The van der Waals surface area contributed by atoms with Gasteiger partial charge in [-0.15, -0.1) is 11.8 Å². The highest BCUT2D eigenvalue weighted by molar-refractivity contribution is 7.99. The molecule has 0 spiro atoms. The molecule has 0 amide bonds. The van der Waals surface area contributed by atoms with Crippen LogP contribution in [0.15, 0.2) is 20.7 Å². The summed E-state index contributed by atoms with van der Waals surface area (Å²) in [6.07, 6.45) is 1.04. The fourth-order valence-electron chi connectivity index (χ4n) is 1.31. The topological polar surface area (TPSA) is 44.0 Å². The minimum absolute atomic E-state index is 0.244. The van der Waals surface area contributed by atoms with E-state index in [9.17, 15) is 9.59 Å². The Balaban J connectivity index is 2.87. The van der Waals surface area contributed by atoms with Gasteiger partial charge in [0.05, 0.1) is 5.03 Å². The maximum absolute atomic E-state index is 11.7. The second-order valence-electron chi connectivity index (χ2n) is 5.38. The molecule has 0 atom stereocenters. The zero-order chi connectivity index (χ0) is 13.2. The molecule has 0 N–H and O–H groups in total. The van der Waals surface area contributed by atoms with Gasteiger partial charge in [0.25, 0.3) is 5.56 Å². The molecular formula is C12H20N2O2S. The van der Waals surface area contributed by atoms with Crippen molar-refractivity contribution in [2.24, 2.45) is 19.5 Å². The number of aromatic nitrogens is 2. The van der Waals surface area contributed by atoms with Crippen LogP contribution in [0.25, 0.3) is 0 Å². The van der Waals surface area contributed by atoms with Crippen LogP contribution in [0.5, 0.6) is 0 Å². The molecule has 17 heavy (non-hydrogen) atoms. The lowest BCUT2D eigenvalue weighted by molar-refractivity contribution is 0.401. The average Bonchev–Trinajstić information content (AvgIpc) is 2.21. The first-order valence-corrected chi connectivity index (χ1v) is 6.61. The van der Waals surface area contributed by atoms with Gasteiger partial charge in [-0.1, -0.05) is 20.8 Å². The van der Waals surface area contributed by atoms with Crippen LogP contribution in [-0.4, -0.2) is 14.9 Å². The monoisotopic (exact) mass is 256 g/mol. The van der Waals surface area contributed by atoms with E-state index >= 15 is 0 Å². The van der Waals surface area contributed by atoms with Crippen LogP contribution in [-0.2, 0) is 14.1 Å². The van der Waals surface area contributed by atoms with Crippen molar-refractivity contribution in [1.29, 1.82) is 0 Å². The summed E-state index contributed by atoms with van der Waals surface area (Å²) in [5.41, 5.74) is -0.242. The van der Waals surface area contributed by atoms with Gasteiger partial charge in [0.2, 0.25) is 0 Å². The third kappa shape index (κ3) is 3.77. The average molecular weight is 256 g/mol. The van der Waals surface area contributed by atoms with Gasteiger partial charge in [-0.25, -0.2) is 4.79 Å². The van der Waals surface area contributed by atoms with Gasteiger partial charge in [0.1, 0.15) is 0 Å². The van der Waals surface area contributed by atoms with Crippen molar-refractivity contribution in [3.05, 3.63) is 26.9 Å². The van der Waals surface area contributed by atoms with E-state index in [1.165, 1.54) is 17.7 Å². The molecule has 0 radical (unpaired) electrons. The van der Waals surface area contributed by atoms with Gasteiger partial charge < -0.3 is 0 Å². The molecule has 0 fully saturated rings. The molecule has 0 aliphatic rings. The summed E-state index contributed by atoms with van der Waals surface area (Å²) in [6.45, 7) is 6.53. The van der Waals surface area contributed by atoms with E-state index in [1.54, 1.807) is 18.8 Å². The van der Waals surface area contributed by atoms with E-state index in [4.69, 9.17) is 0 Å². The van der Waals surface area contributed by atoms with Crippen molar-refractivity contribution < 1.29 is 0 Å². The highest BCUT2D eigenvalue weighted by Gasteiger charge is 2.11. The second-order valence-corrected chi connectivity index (χ2v) is 6.50. The third-order valence-corrected chi connectivity index (χ3v) is 3.68. The molecule has 0 saturated heterocycles. The van der Waals surface area contributed by atoms with Crippen molar-refractivity contribution in [3.8, 4) is 0 Å². The molecule has 4 nitrogen and oxygen atoms in total. The van der Waals surface area contributed by atoms with E-state index in [0.717, 1.165) is 21.8 Å². The van der Waals surface area contributed by atoms with Crippen molar-refractivity contribution in [2.75, 3.05) is 5.75 Å². The Bertz CT molecular complexity index is 509. The number of hydrogen-bond acceptors (Lipinski definition) is 3. The van der Waals surface area contributed by atoms with Gasteiger partial charge in [-0.2, -0.15) is 0 Å². The van der Waals surface area contributed by atoms with Crippen LogP contribution in [0.1, 0.15) is 27.2 Å². The fraction of sp³-hybridized carbons (Fsp3) is 0.667. The minimum atomic E-state index is -0.268. The molecule has 0 aliphatic carbocycles. The standard InChI is InChI=1S/C12H20N2O2S/c1-12(2,3)6-7-17-10-8-9(15)13(4)11(16)14(10)5/h8H,6-7H2,1-5H3. The quantitative estimate of drug-likeness (QED) is 0.609. The maximum Gasteiger partial charge on any atom is 0.331 e. The molecule has 0 unspecified atom stereocenters. The van der Waals surface area contributed by atoms with Gasteiger partial charge in [0, 0.05) is 20.2 Å². The summed E-state index contributed by atoms with van der Waals surface area (Å²) in [6, 6.07) is 1.52. The first-order chi connectivity index (χ1) is 7.72. The fourth-order valence-corrected chi connectivity index (χ4v) is 2.69. The Kier molecular flexibility index (Phi) is 4.25. The molecule has 0 aromatic carbocycles. The summed E-state index contributed by atoms with van der Waals surface area (Å²) in [5, 5.41) is 0.738. The Labute approximate surface area is 106 Å². The predicted molar refractivity (Wildman–Crippen MR) is 71.7 cm³/mol. The molecule has 1 heterocycles. The van der Waals surface area contributed by atoms with Crippen molar-refractivity contribution >= 4 is 11.8 Å². The molecule has 96 valence electrons. The number of nitrogens with zero attached hydrogens (tertiary/aromatic N) is 2. The van der Waals surface area contributed by atoms with Crippen molar-refractivity contribution in [3.63, 3.8) is 0 Å². The Morgan fingerprint density at radius 3 is 2.29 bits per heavy atom. The van der Waals surface area contributed by atoms with Gasteiger partial charge in [-0.05, 0) is 17.6 Å². The third-order valence-electron chi connectivity index (χ3n) is 2.58. The lowest BCUT2D eigenvalue weighted by Gasteiger charge is -2.17. The second kappa shape index (κ2) is 5.12. The van der Waals surface area contributed by atoms with Crippen LogP contribution in [0, 0.1) is 5.41 Å². The van der Waals surface area contributed by atoms with Gasteiger partial charge >= 0.3 is 5.69 Å². The number of hydrogen-bond donors (Lipinski definition) is 0. The maximum atomic E-state index is 11.7. The zero-order valence-electron chi connectivity index (χ0n) is 11.1. The Morgan fingerprint density at radius 2 is 1.76 bits per heavy atom. The molecule has 1 rings (SSSR count). The summed E-state index contributed by atoms with van der Waals surface area (Å²) >= 11 is 1.56. The van der Waals surface area contributed by atoms with Crippen molar-refractivity contribution in [2.45, 2.75) is 32.2 Å². The van der Waals surface area contributed by atoms with E-state index in [2.05, 4.69) is 20.8 Å². The first-order valence-electron chi connectivity index (χ1n) is 5.62. The zero-order valence-corrected chi connectivity index (χ0v) is 11.9. The molecular weight excluding hydrogens is 236 g/mol. The van der Waals surface area contributed by atoms with Crippen LogP contribution in [0.3, 0.4) is 0 Å². The van der Waals surface area contributed by atoms with E-state index in [-0.39, 0.29) is 16.7 Å². The molecule has 1 aromatic heterocycles. The highest BCUT2D eigenvalue weighted by atomic mass is 32.2. The molecule has 0 bridgehead atoms. The number of thioether (sulfide) groups is 1. The van der Waals surface area contributed by atoms with Crippen molar-refractivity contribution in [1.82, 2.24) is 9.13 Å². The van der Waals surface area contributed by atoms with Crippen LogP contribution < -0.4 is 11.2 Å². The van der Waals surface area contributed by atoms with Crippen LogP contribution in [0.2, 0.25) is 0 Å². The lowest BCUT2D eigenvalue weighted by atomic mass is 9.94. The Hall–Kier alpha value is -0.970. The normalized spacial score (nSPS) is 11.8. The van der Waals surface area contributed by atoms with E-state index in [1.807, 2.05) is 0 Å². The minimum Gasteiger partial charge on any atom is -0.291 e. The summed E-state index contributed by atoms with van der Waals surface area (Å²) in [5.74, 6) is 0.907. The molecule has 0 aliphatic heterocycles. The SMILES string of the molecule is Cn1c(SCCC(C)(C)C)cc(=O)n(C)c1=O. The predicted octanol–water partition coefficient (Wildman–Crippen LogP) is 1.61. The summed E-state index contributed by atoms with van der Waals surface area (Å²) in [7, 11) is 3.19. The first kappa shape index (κ1) is 14.1. The van der Waals surface area contributed by atoms with Gasteiger partial charge in [-0.3, -0.25) is 13.9 Å². The van der Waals surface area contributed by atoms with Crippen LogP contribution >= 0.6 is 11.8 Å². The summed E-state index contributed by atoms with van der Waals surface area (Å²) in [4.78, 5) is 23.2. The molecule has 5 heteroatoms. The largest absolute Gasteiger partial charge is 0.331 e. The van der Waals surface area contributed by atoms with Crippen LogP contribution in [0.4, 0.5) is 0 Å². The molecule has 0 saturated carbocycles. The molecule has 1 aromatic rings.